The van der Waals surface area contributed by atoms with Crippen LogP contribution in [0.1, 0.15) is 5.56 Å². The number of methoxy groups -OCH3 is 1. The van der Waals surface area contributed by atoms with Crippen molar-refractivity contribution in [1.82, 2.24) is 4.90 Å². The number of thioether (sulfide) groups is 1. The molecule has 1 aromatic rings. The summed E-state index contributed by atoms with van der Waals surface area (Å²) in [5, 5.41) is 8.75. The predicted molar refractivity (Wildman–Crippen MR) is 80.5 cm³/mol. The summed E-state index contributed by atoms with van der Waals surface area (Å²) in [5.74, 6) is -0.745. The van der Waals surface area contributed by atoms with E-state index in [1.807, 2.05) is 12.1 Å². The van der Waals surface area contributed by atoms with Crippen LogP contribution in [0.4, 0.5) is 0 Å². The van der Waals surface area contributed by atoms with Crippen LogP contribution in [0.2, 0.25) is 0 Å². The maximum absolute atomic E-state index is 12.0. The summed E-state index contributed by atoms with van der Waals surface area (Å²) in [5.41, 5.74) is 0.821. The van der Waals surface area contributed by atoms with Gasteiger partial charge in [0.15, 0.2) is 0 Å². The average Bonchev–Trinajstić information content (AvgIpc) is 2.67. The van der Waals surface area contributed by atoms with Crippen LogP contribution in [0, 0.1) is 0 Å². The van der Waals surface area contributed by atoms with E-state index >= 15 is 0 Å². The lowest BCUT2D eigenvalue weighted by molar-refractivity contribution is -0.140. The molecular formula is C13H11NO4S2. The van der Waals surface area contributed by atoms with Gasteiger partial charge in [-0.2, -0.15) is 0 Å². The zero-order valence-electron chi connectivity index (χ0n) is 10.5. The third kappa shape index (κ3) is 3.17. The molecule has 0 radical (unpaired) electrons. The Balaban J connectivity index is 2.20. The van der Waals surface area contributed by atoms with Crippen LogP contribution in [0.25, 0.3) is 6.08 Å². The van der Waals surface area contributed by atoms with Gasteiger partial charge in [0.25, 0.3) is 5.91 Å². The summed E-state index contributed by atoms with van der Waals surface area (Å²) in [7, 11) is 1.58. The van der Waals surface area contributed by atoms with Crippen molar-refractivity contribution in [3.63, 3.8) is 0 Å². The van der Waals surface area contributed by atoms with Gasteiger partial charge in [-0.05, 0) is 23.8 Å². The molecule has 0 aromatic heterocycles. The molecule has 1 N–H and O–H groups in total. The lowest BCUT2D eigenvalue weighted by Gasteiger charge is -2.10. The molecule has 0 atom stereocenters. The van der Waals surface area contributed by atoms with E-state index in [4.69, 9.17) is 22.1 Å². The van der Waals surface area contributed by atoms with Gasteiger partial charge in [0.2, 0.25) is 0 Å². The Hall–Kier alpha value is -1.86. The Labute approximate surface area is 125 Å². The molecule has 0 unspecified atom stereocenters. The smallest absolute Gasteiger partial charge is 0.323 e. The van der Waals surface area contributed by atoms with Crippen molar-refractivity contribution in [3.05, 3.63) is 34.7 Å². The van der Waals surface area contributed by atoms with Gasteiger partial charge in [0.1, 0.15) is 16.6 Å². The van der Waals surface area contributed by atoms with Crippen molar-refractivity contribution >= 4 is 46.3 Å². The molecule has 2 rings (SSSR count). The first-order valence-electron chi connectivity index (χ1n) is 5.62. The van der Waals surface area contributed by atoms with Crippen molar-refractivity contribution in [3.8, 4) is 5.75 Å². The standard InChI is InChI=1S/C13H11NO4S2/c1-18-9-4-2-8(3-5-9)6-10-12(17)14(7-11(15)16)13(19)20-10/h2-6H,7H2,1H3,(H,15,16). The van der Waals surface area contributed by atoms with E-state index in [1.54, 1.807) is 25.3 Å². The number of ether oxygens (including phenoxy) is 1. The Morgan fingerprint density at radius 3 is 2.65 bits per heavy atom. The van der Waals surface area contributed by atoms with Gasteiger partial charge in [-0.1, -0.05) is 36.1 Å². The first-order chi connectivity index (χ1) is 9.51. The third-order valence-electron chi connectivity index (χ3n) is 2.58. The van der Waals surface area contributed by atoms with E-state index in [-0.39, 0.29) is 10.2 Å². The zero-order chi connectivity index (χ0) is 14.7. The van der Waals surface area contributed by atoms with Gasteiger partial charge >= 0.3 is 5.97 Å². The number of carboxylic acids is 1. The number of hydrogen-bond donors (Lipinski definition) is 1. The lowest BCUT2D eigenvalue weighted by atomic mass is 10.2. The van der Waals surface area contributed by atoms with Crippen LogP contribution in [0.3, 0.4) is 0 Å². The number of carbonyl (C=O) groups is 2. The fourth-order valence-electron chi connectivity index (χ4n) is 1.62. The SMILES string of the molecule is COc1ccc(C=C2SC(=S)N(CC(=O)O)C2=O)cc1. The second kappa shape index (κ2) is 6.06. The van der Waals surface area contributed by atoms with Crippen LogP contribution in [-0.4, -0.2) is 39.9 Å². The highest BCUT2D eigenvalue weighted by Gasteiger charge is 2.33. The summed E-state index contributed by atoms with van der Waals surface area (Å²) in [6.07, 6.45) is 1.68. The van der Waals surface area contributed by atoms with Gasteiger partial charge in [-0.25, -0.2) is 0 Å². The fraction of sp³-hybridized carbons (Fsp3) is 0.154. The normalized spacial score (nSPS) is 16.9. The van der Waals surface area contributed by atoms with Crippen LogP contribution in [0.15, 0.2) is 29.2 Å². The van der Waals surface area contributed by atoms with Gasteiger partial charge in [0, 0.05) is 0 Å². The molecule has 5 nitrogen and oxygen atoms in total. The molecule has 0 aliphatic carbocycles. The zero-order valence-corrected chi connectivity index (χ0v) is 12.2. The quantitative estimate of drug-likeness (QED) is 0.677. The van der Waals surface area contributed by atoms with Crippen LogP contribution in [-0.2, 0) is 9.59 Å². The molecule has 104 valence electrons. The topological polar surface area (TPSA) is 66.8 Å². The second-order valence-corrected chi connectivity index (χ2v) is 5.61. The Bertz CT molecular complexity index is 595. The molecule has 1 aliphatic heterocycles. The van der Waals surface area contributed by atoms with E-state index < -0.39 is 12.5 Å². The molecule has 1 aliphatic rings. The van der Waals surface area contributed by atoms with Crippen molar-refractivity contribution in [2.45, 2.75) is 0 Å². The highest BCUT2D eigenvalue weighted by atomic mass is 32.2. The molecular weight excluding hydrogens is 298 g/mol. The highest BCUT2D eigenvalue weighted by Crippen LogP contribution is 2.32. The summed E-state index contributed by atoms with van der Waals surface area (Å²) in [6.45, 7) is -0.412. The first kappa shape index (κ1) is 14.5. The number of amides is 1. The number of hydrogen-bond acceptors (Lipinski definition) is 5. The number of aliphatic carboxylic acids is 1. The van der Waals surface area contributed by atoms with Crippen molar-refractivity contribution in [2.24, 2.45) is 0 Å². The van der Waals surface area contributed by atoms with Crippen LogP contribution < -0.4 is 4.74 Å². The number of nitrogens with zero attached hydrogens (tertiary/aromatic N) is 1. The van der Waals surface area contributed by atoms with E-state index in [0.717, 1.165) is 28.0 Å². The molecule has 1 fully saturated rings. The van der Waals surface area contributed by atoms with Crippen LogP contribution >= 0.6 is 24.0 Å². The molecule has 20 heavy (non-hydrogen) atoms. The molecule has 0 saturated carbocycles. The number of carbonyl (C=O) groups excluding carboxylic acids is 1. The Morgan fingerprint density at radius 1 is 1.45 bits per heavy atom. The average molecular weight is 309 g/mol. The second-order valence-electron chi connectivity index (χ2n) is 3.93. The van der Waals surface area contributed by atoms with Gasteiger partial charge in [-0.15, -0.1) is 0 Å². The summed E-state index contributed by atoms with van der Waals surface area (Å²) >= 11 is 6.12. The van der Waals surface area contributed by atoms with Gasteiger partial charge in [-0.3, -0.25) is 14.5 Å². The number of benzene rings is 1. The summed E-state index contributed by atoms with van der Waals surface area (Å²) in [6, 6.07) is 7.18. The fourth-order valence-corrected chi connectivity index (χ4v) is 2.88. The molecule has 0 bridgehead atoms. The monoisotopic (exact) mass is 309 g/mol. The van der Waals surface area contributed by atoms with Crippen LogP contribution in [0.5, 0.6) is 5.75 Å². The maximum atomic E-state index is 12.0. The van der Waals surface area contributed by atoms with E-state index in [0.29, 0.717) is 4.91 Å². The molecule has 7 heteroatoms. The molecule has 1 aromatic carbocycles. The molecule has 1 saturated heterocycles. The summed E-state index contributed by atoms with van der Waals surface area (Å²) in [4.78, 5) is 24.2. The maximum Gasteiger partial charge on any atom is 0.323 e. The van der Waals surface area contributed by atoms with E-state index in [2.05, 4.69) is 0 Å². The van der Waals surface area contributed by atoms with Crippen molar-refractivity contribution < 1.29 is 19.4 Å². The van der Waals surface area contributed by atoms with Crippen molar-refractivity contribution in [1.29, 1.82) is 0 Å². The minimum atomic E-state index is -1.09. The minimum absolute atomic E-state index is 0.261. The Morgan fingerprint density at radius 2 is 2.10 bits per heavy atom. The highest BCUT2D eigenvalue weighted by molar-refractivity contribution is 8.26. The predicted octanol–water partition coefficient (Wildman–Crippen LogP) is 1.98. The van der Waals surface area contributed by atoms with Gasteiger partial charge in [0.05, 0.1) is 12.0 Å². The number of rotatable bonds is 4. The van der Waals surface area contributed by atoms with Crippen molar-refractivity contribution in [2.75, 3.05) is 13.7 Å². The van der Waals surface area contributed by atoms with Gasteiger partial charge < -0.3 is 9.84 Å². The molecule has 1 heterocycles. The largest absolute Gasteiger partial charge is 0.497 e. The number of carboxylic acid groups (broad SMARTS) is 1. The van der Waals surface area contributed by atoms with E-state index in [1.165, 1.54) is 0 Å². The number of thiocarbonyl (C=S) groups is 1. The molecule has 1 amide bonds. The summed E-state index contributed by atoms with van der Waals surface area (Å²) < 4.78 is 5.31. The molecule has 0 spiro atoms. The minimum Gasteiger partial charge on any atom is -0.497 e. The lowest BCUT2D eigenvalue weighted by Crippen LogP contribution is -2.33. The van der Waals surface area contributed by atoms with E-state index in [9.17, 15) is 9.59 Å². The Kier molecular flexibility index (Phi) is 4.41. The first-order valence-corrected chi connectivity index (χ1v) is 6.85. The third-order valence-corrected chi connectivity index (χ3v) is 3.96.